The summed E-state index contributed by atoms with van der Waals surface area (Å²) in [5.41, 5.74) is 1.68. The molecule has 0 saturated carbocycles. The van der Waals surface area contributed by atoms with Crippen molar-refractivity contribution >= 4 is 28.4 Å². The summed E-state index contributed by atoms with van der Waals surface area (Å²) in [7, 11) is 0. The molecule has 4 nitrogen and oxygen atoms in total. The van der Waals surface area contributed by atoms with Crippen LogP contribution in [0.25, 0.3) is 11.0 Å². The van der Waals surface area contributed by atoms with Crippen LogP contribution >= 0.6 is 11.7 Å². The SMILES string of the molecule is O=Nc1cccc2nsnc12. The minimum atomic E-state index is 0.358. The predicted octanol–water partition coefficient (Wildman–Crippen LogP) is 2.09. The van der Waals surface area contributed by atoms with E-state index < -0.39 is 0 Å². The molecule has 5 heteroatoms. The van der Waals surface area contributed by atoms with Gasteiger partial charge in [-0.1, -0.05) is 6.07 Å². The molecule has 0 aliphatic carbocycles. The van der Waals surface area contributed by atoms with Gasteiger partial charge in [0.15, 0.2) is 0 Å². The quantitative estimate of drug-likeness (QED) is 0.608. The van der Waals surface area contributed by atoms with Crippen LogP contribution < -0.4 is 0 Å². The standard InChI is InChI=1S/C6H3N3OS/c10-7-4-2-1-3-5-6(4)9-11-8-5/h1-3H. The van der Waals surface area contributed by atoms with Crippen molar-refractivity contribution in [2.45, 2.75) is 0 Å². The third-order valence-corrected chi connectivity index (χ3v) is 1.91. The normalized spacial score (nSPS) is 10.2. The molecule has 0 unspecified atom stereocenters. The van der Waals surface area contributed by atoms with Gasteiger partial charge in [0.05, 0.1) is 11.7 Å². The average molecular weight is 165 g/mol. The zero-order valence-electron chi connectivity index (χ0n) is 5.39. The second-order valence-corrected chi connectivity index (χ2v) is 2.53. The van der Waals surface area contributed by atoms with Crippen molar-refractivity contribution in [3.8, 4) is 0 Å². The molecule has 0 fully saturated rings. The molecule has 0 spiro atoms. The van der Waals surface area contributed by atoms with Gasteiger partial charge in [0.2, 0.25) is 0 Å². The topological polar surface area (TPSA) is 55.2 Å². The molecule has 0 aliphatic rings. The van der Waals surface area contributed by atoms with Crippen LogP contribution in [0, 0.1) is 4.91 Å². The van der Waals surface area contributed by atoms with Crippen molar-refractivity contribution in [3.05, 3.63) is 23.1 Å². The molecule has 0 aliphatic heterocycles. The first kappa shape index (κ1) is 6.36. The van der Waals surface area contributed by atoms with Crippen LogP contribution in [-0.4, -0.2) is 8.75 Å². The molecule has 0 bridgehead atoms. The van der Waals surface area contributed by atoms with E-state index in [0.717, 1.165) is 17.2 Å². The van der Waals surface area contributed by atoms with Crippen LogP contribution in [0.2, 0.25) is 0 Å². The number of hydrogen-bond acceptors (Lipinski definition) is 5. The highest BCUT2D eigenvalue weighted by atomic mass is 32.1. The third kappa shape index (κ3) is 0.894. The monoisotopic (exact) mass is 165 g/mol. The Hall–Kier alpha value is -1.36. The maximum absolute atomic E-state index is 10.2. The first-order valence-corrected chi connectivity index (χ1v) is 3.69. The van der Waals surface area contributed by atoms with E-state index in [0.29, 0.717) is 11.2 Å². The molecule has 0 amide bonds. The molecule has 1 aromatic carbocycles. The smallest absolute Gasteiger partial charge is 0.136 e. The summed E-state index contributed by atoms with van der Waals surface area (Å²) < 4.78 is 7.89. The van der Waals surface area contributed by atoms with Crippen molar-refractivity contribution in [1.82, 2.24) is 8.75 Å². The van der Waals surface area contributed by atoms with Gasteiger partial charge in [-0.15, -0.1) is 4.91 Å². The Morgan fingerprint density at radius 1 is 1.36 bits per heavy atom. The molecular formula is C6H3N3OS. The first-order chi connectivity index (χ1) is 5.42. The maximum Gasteiger partial charge on any atom is 0.136 e. The summed E-state index contributed by atoms with van der Waals surface area (Å²) >= 11 is 1.08. The van der Waals surface area contributed by atoms with Gasteiger partial charge < -0.3 is 0 Å². The largest absolute Gasteiger partial charge is 0.173 e. The van der Waals surface area contributed by atoms with Crippen molar-refractivity contribution < 1.29 is 0 Å². The van der Waals surface area contributed by atoms with Gasteiger partial charge in [0.25, 0.3) is 0 Å². The number of rotatable bonds is 1. The number of aromatic nitrogens is 2. The molecule has 11 heavy (non-hydrogen) atoms. The van der Waals surface area contributed by atoms with Gasteiger partial charge in [-0.3, -0.25) is 0 Å². The predicted molar refractivity (Wildman–Crippen MR) is 42.9 cm³/mol. The highest BCUT2D eigenvalue weighted by Crippen LogP contribution is 2.22. The third-order valence-electron chi connectivity index (χ3n) is 1.36. The zero-order chi connectivity index (χ0) is 7.68. The van der Waals surface area contributed by atoms with Gasteiger partial charge in [-0.05, 0) is 17.3 Å². The molecule has 0 saturated heterocycles. The highest BCUT2D eigenvalue weighted by Gasteiger charge is 2.02. The van der Waals surface area contributed by atoms with Gasteiger partial charge in [-0.25, -0.2) is 0 Å². The molecule has 2 rings (SSSR count). The van der Waals surface area contributed by atoms with Crippen LogP contribution in [0.5, 0.6) is 0 Å². The fourth-order valence-corrected chi connectivity index (χ4v) is 1.41. The van der Waals surface area contributed by atoms with E-state index in [1.165, 1.54) is 0 Å². The van der Waals surface area contributed by atoms with Crippen molar-refractivity contribution in [1.29, 1.82) is 0 Å². The summed E-state index contributed by atoms with van der Waals surface area (Å²) in [5.74, 6) is 0. The molecule has 0 radical (unpaired) electrons. The highest BCUT2D eigenvalue weighted by molar-refractivity contribution is 7.00. The number of fused-ring (bicyclic) bond motifs is 1. The Morgan fingerprint density at radius 3 is 3.09 bits per heavy atom. The Kier molecular flexibility index (Phi) is 1.36. The summed E-state index contributed by atoms with van der Waals surface area (Å²) in [6, 6.07) is 5.16. The lowest BCUT2D eigenvalue weighted by atomic mass is 10.3. The molecule has 0 atom stereocenters. The number of nitroso groups, excluding NO2 is 1. The first-order valence-electron chi connectivity index (χ1n) is 2.96. The van der Waals surface area contributed by atoms with E-state index in [1.54, 1.807) is 18.2 Å². The molecule has 54 valence electrons. The summed E-state index contributed by atoms with van der Waals surface area (Å²) in [5, 5.41) is 2.83. The lowest BCUT2D eigenvalue weighted by molar-refractivity contribution is 1.50. The molecule has 2 aromatic rings. The van der Waals surface area contributed by atoms with Crippen LogP contribution in [0.15, 0.2) is 23.4 Å². The minimum absolute atomic E-state index is 0.358. The van der Waals surface area contributed by atoms with Crippen LogP contribution in [0.1, 0.15) is 0 Å². The fraction of sp³-hybridized carbons (Fsp3) is 0. The van der Waals surface area contributed by atoms with E-state index >= 15 is 0 Å². The number of nitrogens with zero attached hydrogens (tertiary/aromatic N) is 3. The van der Waals surface area contributed by atoms with Gasteiger partial charge in [-0.2, -0.15) is 8.75 Å². The van der Waals surface area contributed by atoms with E-state index in [2.05, 4.69) is 13.9 Å². The second kappa shape index (κ2) is 2.35. The van der Waals surface area contributed by atoms with Crippen LogP contribution in [0.3, 0.4) is 0 Å². The fourth-order valence-electron chi connectivity index (χ4n) is 0.866. The van der Waals surface area contributed by atoms with E-state index in [1.807, 2.05) is 0 Å². The minimum Gasteiger partial charge on any atom is -0.173 e. The Morgan fingerprint density at radius 2 is 2.27 bits per heavy atom. The molecule has 1 aromatic heterocycles. The Balaban J connectivity index is 2.88. The van der Waals surface area contributed by atoms with Gasteiger partial charge >= 0.3 is 0 Å². The zero-order valence-corrected chi connectivity index (χ0v) is 6.21. The van der Waals surface area contributed by atoms with Crippen molar-refractivity contribution in [3.63, 3.8) is 0 Å². The molecule has 1 heterocycles. The van der Waals surface area contributed by atoms with Gasteiger partial charge in [0, 0.05) is 0 Å². The molecular weight excluding hydrogens is 162 g/mol. The van der Waals surface area contributed by atoms with E-state index in [-0.39, 0.29) is 0 Å². The molecule has 0 N–H and O–H groups in total. The summed E-state index contributed by atoms with van der Waals surface area (Å²) in [4.78, 5) is 10.2. The Bertz CT molecular complexity index is 397. The second-order valence-electron chi connectivity index (χ2n) is 2.00. The van der Waals surface area contributed by atoms with Crippen LogP contribution in [-0.2, 0) is 0 Å². The summed E-state index contributed by atoms with van der Waals surface area (Å²) in [6.45, 7) is 0. The lowest BCUT2D eigenvalue weighted by Crippen LogP contribution is -1.68. The maximum atomic E-state index is 10.2. The average Bonchev–Trinajstić information content (AvgIpc) is 2.50. The summed E-state index contributed by atoms with van der Waals surface area (Å²) in [6.07, 6.45) is 0. The van der Waals surface area contributed by atoms with Crippen LogP contribution in [0.4, 0.5) is 5.69 Å². The Labute approximate surface area is 66.2 Å². The number of benzene rings is 1. The van der Waals surface area contributed by atoms with Crippen molar-refractivity contribution in [2.75, 3.05) is 0 Å². The van der Waals surface area contributed by atoms with Gasteiger partial charge in [0.1, 0.15) is 16.7 Å². The lowest BCUT2D eigenvalue weighted by Gasteiger charge is -1.86. The van der Waals surface area contributed by atoms with Crippen molar-refractivity contribution in [2.24, 2.45) is 5.18 Å². The van der Waals surface area contributed by atoms with E-state index in [4.69, 9.17) is 0 Å². The van der Waals surface area contributed by atoms with E-state index in [9.17, 15) is 4.91 Å². The number of hydrogen-bond donors (Lipinski definition) is 0.